The van der Waals surface area contributed by atoms with E-state index in [2.05, 4.69) is 0 Å². The van der Waals surface area contributed by atoms with Gasteiger partial charge in [-0.2, -0.15) is 0 Å². The van der Waals surface area contributed by atoms with Crippen molar-refractivity contribution in [1.29, 1.82) is 0 Å². The third-order valence-corrected chi connectivity index (χ3v) is 2.77. The van der Waals surface area contributed by atoms with Crippen LogP contribution in [0.25, 0.3) is 0 Å². The second-order valence-corrected chi connectivity index (χ2v) is 4.34. The van der Waals surface area contributed by atoms with Crippen LogP contribution in [0, 0.1) is 5.92 Å². The van der Waals surface area contributed by atoms with Crippen molar-refractivity contribution in [3.8, 4) is 0 Å². The second kappa shape index (κ2) is 8.16. The molecule has 100 valence electrons. The first-order valence-corrected chi connectivity index (χ1v) is 5.98. The number of hydrogen-bond donors (Lipinski definition) is 4. The van der Waals surface area contributed by atoms with Crippen molar-refractivity contribution in [1.82, 2.24) is 0 Å². The molecule has 17 heavy (non-hydrogen) atoms. The maximum Gasteiger partial charge on any atom is 0.217 e. The van der Waals surface area contributed by atoms with Crippen molar-refractivity contribution in [2.75, 3.05) is 0 Å². The van der Waals surface area contributed by atoms with E-state index in [0.717, 1.165) is 12.8 Å². The largest absolute Gasteiger partial charge is 0.370 e. The summed E-state index contributed by atoms with van der Waals surface area (Å²) >= 11 is 0. The molecule has 0 aliphatic carbocycles. The molecule has 6 nitrogen and oxygen atoms in total. The first-order valence-electron chi connectivity index (χ1n) is 5.98. The van der Waals surface area contributed by atoms with Crippen LogP contribution in [-0.4, -0.2) is 23.9 Å². The highest BCUT2D eigenvalue weighted by atomic mass is 16.1. The van der Waals surface area contributed by atoms with Crippen LogP contribution in [0.4, 0.5) is 0 Å². The van der Waals surface area contributed by atoms with Gasteiger partial charge in [0.2, 0.25) is 5.91 Å². The molecule has 0 spiro atoms. The van der Waals surface area contributed by atoms with Gasteiger partial charge in [0, 0.05) is 12.3 Å². The van der Waals surface area contributed by atoms with Crippen LogP contribution in [0.5, 0.6) is 0 Å². The number of rotatable bonds is 9. The molecule has 0 aliphatic heterocycles. The Morgan fingerprint density at radius 3 is 2.12 bits per heavy atom. The lowest BCUT2D eigenvalue weighted by Crippen LogP contribution is -2.48. The maximum atomic E-state index is 12.0. The number of Topliss-reactive ketones (excluding diaryl/α,β-unsaturated/α-hetero) is 1. The quantitative estimate of drug-likeness (QED) is 0.393. The SMILES string of the molecule is CCCCC(C(=O)[C@@H](N)CCC(N)=O)C(N)N. The molecule has 6 heteroatoms. The Morgan fingerprint density at radius 1 is 1.12 bits per heavy atom. The molecule has 0 radical (unpaired) electrons. The number of amides is 1. The van der Waals surface area contributed by atoms with Crippen molar-refractivity contribution in [2.24, 2.45) is 28.9 Å². The monoisotopic (exact) mass is 244 g/mol. The maximum absolute atomic E-state index is 12.0. The molecule has 0 aromatic carbocycles. The average molecular weight is 244 g/mol. The third-order valence-electron chi connectivity index (χ3n) is 2.77. The molecule has 0 saturated heterocycles. The van der Waals surface area contributed by atoms with Crippen molar-refractivity contribution in [3.63, 3.8) is 0 Å². The molecular formula is C11H24N4O2. The Hall–Kier alpha value is -0.980. The second-order valence-electron chi connectivity index (χ2n) is 4.34. The van der Waals surface area contributed by atoms with E-state index in [1.165, 1.54) is 0 Å². The Labute approximate surface area is 102 Å². The normalized spacial score (nSPS) is 14.6. The van der Waals surface area contributed by atoms with Gasteiger partial charge in [-0.25, -0.2) is 0 Å². The summed E-state index contributed by atoms with van der Waals surface area (Å²) in [5.74, 6) is -1.07. The van der Waals surface area contributed by atoms with Crippen LogP contribution in [-0.2, 0) is 9.59 Å². The summed E-state index contributed by atoms with van der Waals surface area (Å²) in [4.78, 5) is 22.6. The predicted octanol–water partition coefficient (Wildman–Crippen LogP) is -0.802. The average Bonchev–Trinajstić information content (AvgIpc) is 2.25. The highest BCUT2D eigenvalue weighted by Crippen LogP contribution is 2.14. The van der Waals surface area contributed by atoms with Crippen LogP contribution in [0.3, 0.4) is 0 Å². The number of carbonyl (C=O) groups excluding carboxylic acids is 2. The van der Waals surface area contributed by atoms with Gasteiger partial charge in [-0.3, -0.25) is 9.59 Å². The van der Waals surface area contributed by atoms with Gasteiger partial charge in [-0.05, 0) is 12.8 Å². The van der Waals surface area contributed by atoms with Gasteiger partial charge in [0.15, 0.2) is 5.78 Å². The topological polar surface area (TPSA) is 138 Å². The van der Waals surface area contributed by atoms with Gasteiger partial charge in [-0.1, -0.05) is 19.8 Å². The summed E-state index contributed by atoms with van der Waals surface area (Å²) in [6, 6.07) is -0.709. The first kappa shape index (κ1) is 16.0. The number of hydrogen-bond acceptors (Lipinski definition) is 5. The fraction of sp³-hybridized carbons (Fsp3) is 0.818. The summed E-state index contributed by atoms with van der Waals surface area (Å²) < 4.78 is 0. The van der Waals surface area contributed by atoms with Crippen LogP contribution in [0.1, 0.15) is 39.0 Å². The van der Waals surface area contributed by atoms with Crippen LogP contribution in [0.15, 0.2) is 0 Å². The smallest absolute Gasteiger partial charge is 0.217 e. The number of unbranched alkanes of at least 4 members (excludes halogenated alkanes) is 1. The predicted molar refractivity (Wildman–Crippen MR) is 66.6 cm³/mol. The first-order chi connectivity index (χ1) is 7.90. The van der Waals surface area contributed by atoms with E-state index in [9.17, 15) is 9.59 Å². The Bertz CT molecular complexity index is 256. The Morgan fingerprint density at radius 2 is 1.71 bits per heavy atom. The zero-order valence-corrected chi connectivity index (χ0v) is 10.4. The summed E-state index contributed by atoms with van der Waals surface area (Å²) in [6.45, 7) is 2.02. The van der Waals surface area contributed by atoms with E-state index >= 15 is 0 Å². The molecule has 0 aromatic heterocycles. The minimum atomic E-state index is -0.709. The zero-order chi connectivity index (χ0) is 13.4. The van der Waals surface area contributed by atoms with E-state index in [4.69, 9.17) is 22.9 Å². The molecule has 0 fully saturated rings. The van der Waals surface area contributed by atoms with E-state index in [0.29, 0.717) is 6.42 Å². The van der Waals surface area contributed by atoms with Crippen molar-refractivity contribution in [2.45, 2.75) is 51.2 Å². The van der Waals surface area contributed by atoms with Gasteiger partial charge in [0.05, 0.1) is 12.2 Å². The summed E-state index contributed by atoms with van der Waals surface area (Å²) in [5, 5.41) is 0. The van der Waals surface area contributed by atoms with Gasteiger partial charge in [0.1, 0.15) is 0 Å². The Balaban J connectivity index is 4.33. The molecule has 0 rings (SSSR count). The van der Waals surface area contributed by atoms with Crippen LogP contribution in [0.2, 0.25) is 0 Å². The van der Waals surface area contributed by atoms with E-state index in [1.807, 2.05) is 6.92 Å². The molecule has 2 atom stereocenters. The number of nitrogens with two attached hydrogens (primary N) is 4. The number of primary amides is 1. The summed E-state index contributed by atoms with van der Waals surface area (Å²) in [6.07, 6.45) is 2.14. The Kier molecular flexibility index (Phi) is 7.69. The summed E-state index contributed by atoms with van der Waals surface area (Å²) in [7, 11) is 0. The van der Waals surface area contributed by atoms with Gasteiger partial charge < -0.3 is 22.9 Å². The van der Waals surface area contributed by atoms with E-state index in [1.54, 1.807) is 0 Å². The highest BCUT2D eigenvalue weighted by Gasteiger charge is 2.27. The van der Waals surface area contributed by atoms with E-state index < -0.39 is 24.0 Å². The molecule has 1 amide bonds. The molecule has 1 unspecified atom stereocenters. The van der Waals surface area contributed by atoms with Gasteiger partial charge in [0.25, 0.3) is 0 Å². The molecular weight excluding hydrogens is 220 g/mol. The minimum absolute atomic E-state index is 0.104. The zero-order valence-electron chi connectivity index (χ0n) is 10.4. The van der Waals surface area contributed by atoms with E-state index in [-0.39, 0.29) is 18.6 Å². The molecule has 0 bridgehead atoms. The van der Waals surface area contributed by atoms with Crippen molar-refractivity contribution in [3.05, 3.63) is 0 Å². The molecule has 0 heterocycles. The number of carbonyl (C=O) groups is 2. The standard InChI is InChI=1S/C11H24N4O2/c1-2-3-4-7(11(14)15)10(17)8(12)5-6-9(13)16/h7-8,11H,2-6,12,14-15H2,1H3,(H2,13,16)/t7?,8-/m0/s1. The van der Waals surface area contributed by atoms with Crippen molar-refractivity contribution >= 4 is 11.7 Å². The van der Waals surface area contributed by atoms with Gasteiger partial charge in [-0.15, -0.1) is 0 Å². The lowest BCUT2D eigenvalue weighted by molar-refractivity contribution is -0.125. The minimum Gasteiger partial charge on any atom is -0.370 e. The molecule has 0 aliphatic rings. The summed E-state index contributed by atoms with van der Waals surface area (Å²) in [5.41, 5.74) is 21.9. The lowest BCUT2D eigenvalue weighted by atomic mass is 9.89. The van der Waals surface area contributed by atoms with Crippen LogP contribution < -0.4 is 22.9 Å². The fourth-order valence-electron chi connectivity index (χ4n) is 1.66. The highest BCUT2D eigenvalue weighted by molar-refractivity contribution is 5.87. The van der Waals surface area contributed by atoms with Gasteiger partial charge >= 0.3 is 0 Å². The fourth-order valence-corrected chi connectivity index (χ4v) is 1.66. The molecule has 0 saturated carbocycles. The third kappa shape index (κ3) is 6.35. The lowest BCUT2D eigenvalue weighted by Gasteiger charge is -2.22. The van der Waals surface area contributed by atoms with Crippen molar-refractivity contribution < 1.29 is 9.59 Å². The molecule has 8 N–H and O–H groups in total. The number of ketones is 1. The van der Waals surface area contributed by atoms with Crippen LogP contribution >= 0.6 is 0 Å². The molecule has 0 aromatic rings.